The first-order valence-corrected chi connectivity index (χ1v) is 6.06. The molecule has 0 fully saturated rings. The Kier molecular flexibility index (Phi) is 3.94. The van der Waals surface area contributed by atoms with Crippen LogP contribution in [-0.4, -0.2) is 26.0 Å². The van der Waals surface area contributed by atoms with Crippen LogP contribution >= 0.6 is 0 Å². The monoisotopic (exact) mass is 243 g/mol. The number of aryl methyl sites for hydroxylation is 1. The van der Waals surface area contributed by atoms with E-state index in [1.54, 1.807) is 18.5 Å². The van der Waals surface area contributed by atoms with Gasteiger partial charge in [0.25, 0.3) is 0 Å². The SMILES string of the molecule is CCC(N)Cc1cc(C)nc(-c2ncccn2)n1. The van der Waals surface area contributed by atoms with E-state index in [-0.39, 0.29) is 6.04 Å². The fourth-order valence-electron chi connectivity index (χ4n) is 1.67. The van der Waals surface area contributed by atoms with Gasteiger partial charge in [-0.15, -0.1) is 0 Å². The predicted octanol–water partition coefficient (Wildman–Crippen LogP) is 1.52. The van der Waals surface area contributed by atoms with Gasteiger partial charge in [-0.05, 0) is 25.5 Å². The van der Waals surface area contributed by atoms with Crippen molar-refractivity contribution in [3.8, 4) is 11.6 Å². The first-order chi connectivity index (χ1) is 8.69. The molecule has 1 unspecified atom stereocenters. The van der Waals surface area contributed by atoms with Crippen molar-refractivity contribution in [2.24, 2.45) is 5.73 Å². The Morgan fingerprint density at radius 2 is 1.89 bits per heavy atom. The van der Waals surface area contributed by atoms with Gasteiger partial charge in [-0.3, -0.25) is 0 Å². The van der Waals surface area contributed by atoms with E-state index in [4.69, 9.17) is 5.73 Å². The summed E-state index contributed by atoms with van der Waals surface area (Å²) in [7, 11) is 0. The minimum Gasteiger partial charge on any atom is -0.327 e. The lowest BCUT2D eigenvalue weighted by Crippen LogP contribution is -2.22. The molecular weight excluding hydrogens is 226 g/mol. The van der Waals surface area contributed by atoms with Gasteiger partial charge in [-0.2, -0.15) is 0 Å². The van der Waals surface area contributed by atoms with Crippen LogP contribution < -0.4 is 5.73 Å². The highest BCUT2D eigenvalue weighted by molar-refractivity contribution is 5.42. The molecule has 0 saturated heterocycles. The topological polar surface area (TPSA) is 77.6 Å². The van der Waals surface area contributed by atoms with Gasteiger partial charge in [-0.25, -0.2) is 19.9 Å². The van der Waals surface area contributed by atoms with Crippen LogP contribution in [0.1, 0.15) is 24.7 Å². The highest BCUT2D eigenvalue weighted by Gasteiger charge is 2.09. The van der Waals surface area contributed by atoms with Crippen LogP contribution in [0.15, 0.2) is 24.5 Å². The van der Waals surface area contributed by atoms with Gasteiger partial charge in [0, 0.05) is 36.2 Å². The molecular formula is C13H17N5. The van der Waals surface area contributed by atoms with Crippen LogP contribution in [0.25, 0.3) is 11.6 Å². The molecule has 2 heterocycles. The van der Waals surface area contributed by atoms with Crippen LogP contribution in [0.5, 0.6) is 0 Å². The molecule has 5 nitrogen and oxygen atoms in total. The number of nitrogens with two attached hydrogens (primary N) is 1. The average molecular weight is 243 g/mol. The highest BCUT2D eigenvalue weighted by Crippen LogP contribution is 2.11. The molecule has 2 rings (SSSR count). The number of hydrogen-bond acceptors (Lipinski definition) is 5. The van der Waals surface area contributed by atoms with Crippen LogP contribution in [0.3, 0.4) is 0 Å². The Morgan fingerprint density at radius 3 is 2.56 bits per heavy atom. The smallest absolute Gasteiger partial charge is 0.198 e. The summed E-state index contributed by atoms with van der Waals surface area (Å²) in [5.74, 6) is 1.11. The normalized spacial score (nSPS) is 12.4. The fraction of sp³-hybridized carbons (Fsp3) is 0.385. The van der Waals surface area contributed by atoms with Gasteiger partial charge in [0.15, 0.2) is 11.6 Å². The molecule has 0 amide bonds. The molecule has 2 aromatic rings. The van der Waals surface area contributed by atoms with E-state index in [0.29, 0.717) is 11.6 Å². The fourth-order valence-corrected chi connectivity index (χ4v) is 1.67. The second kappa shape index (κ2) is 5.64. The van der Waals surface area contributed by atoms with E-state index in [1.807, 2.05) is 13.0 Å². The van der Waals surface area contributed by atoms with E-state index in [9.17, 15) is 0 Å². The van der Waals surface area contributed by atoms with Crippen molar-refractivity contribution in [2.75, 3.05) is 0 Å². The molecule has 2 aromatic heterocycles. The van der Waals surface area contributed by atoms with E-state index >= 15 is 0 Å². The predicted molar refractivity (Wildman–Crippen MR) is 69.8 cm³/mol. The molecule has 0 saturated carbocycles. The Bertz CT molecular complexity index is 512. The number of nitrogens with zero attached hydrogens (tertiary/aromatic N) is 4. The summed E-state index contributed by atoms with van der Waals surface area (Å²) in [6.45, 7) is 4.01. The Labute approximate surface area is 107 Å². The standard InChI is InChI=1S/C13H17N5/c1-3-10(14)8-11-7-9(2)17-13(18-11)12-15-5-4-6-16-12/h4-7,10H,3,8,14H2,1-2H3. The average Bonchev–Trinajstić information content (AvgIpc) is 2.39. The molecule has 1 atom stereocenters. The largest absolute Gasteiger partial charge is 0.327 e. The van der Waals surface area contributed by atoms with Crippen molar-refractivity contribution >= 4 is 0 Å². The summed E-state index contributed by atoms with van der Waals surface area (Å²) >= 11 is 0. The molecule has 0 aliphatic carbocycles. The van der Waals surface area contributed by atoms with Crippen molar-refractivity contribution in [1.29, 1.82) is 0 Å². The molecule has 18 heavy (non-hydrogen) atoms. The van der Waals surface area contributed by atoms with Gasteiger partial charge in [0.2, 0.25) is 0 Å². The van der Waals surface area contributed by atoms with Gasteiger partial charge < -0.3 is 5.73 Å². The third-order valence-corrected chi connectivity index (χ3v) is 2.67. The summed E-state index contributed by atoms with van der Waals surface area (Å²) in [6, 6.07) is 3.86. The second-order valence-electron chi connectivity index (χ2n) is 4.27. The summed E-state index contributed by atoms with van der Waals surface area (Å²) in [5.41, 5.74) is 7.80. The molecule has 0 aliphatic heterocycles. The van der Waals surface area contributed by atoms with Crippen molar-refractivity contribution < 1.29 is 0 Å². The number of aromatic nitrogens is 4. The van der Waals surface area contributed by atoms with Crippen molar-refractivity contribution in [2.45, 2.75) is 32.7 Å². The zero-order valence-corrected chi connectivity index (χ0v) is 10.7. The van der Waals surface area contributed by atoms with Crippen LogP contribution in [0, 0.1) is 6.92 Å². The summed E-state index contributed by atoms with van der Waals surface area (Å²) in [5, 5.41) is 0. The molecule has 0 radical (unpaired) electrons. The quantitative estimate of drug-likeness (QED) is 0.881. The lowest BCUT2D eigenvalue weighted by molar-refractivity contribution is 0.635. The number of hydrogen-bond donors (Lipinski definition) is 1. The zero-order valence-electron chi connectivity index (χ0n) is 10.7. The lowest BCUT2D eigenvalue weighted by Gasteiger charge is -2.09. The van der Waals surface area contributed by atoms with Crippen molar-refractivity contribution in [1.82, 2.24) is 19.9 Å². The third kappa shape index (κ3) is 3.07. The molecule has 2 N–H and O–H groups in total. The maximum Gasteiger partial charge on any atom is 0.198 e. The maximum atomic E-state index is 5.95. The molecule has 0 bridgehead atoms. The molecule has 0 spiro atoms. The minimum absolute atomic E-state index is 0.129. The van der Waals surface area contributed by atoms with Gasteiger partial charge >= 0.3 is 0 Å². The summed E-state index contributed by atoms with van der Waals surface area (Å²) in [4.78, 5) is 17.2. The second-order valence-corrected chi connectivity index (χ2v) is 4.27. The maximum absolute atomic E-state index is 5.95. The van der Waals surface area contributed by atoms with Crippen LogP contribution in [-0.2, 0) is 6.42 Å². The Balaban J connectivity index is 2.32. The highest BCUT2D eigenvalue weighted by atomic mass is 15.0. The van der Waals surface area contributed by atoms with E-state index < -0.39 is 0 Å². The lowest BCUT2D eigenvalue weighted by atomic mass is 10.1. The van der Waals surface area contributed by atoms with Crippen molar-refractivity contribution in [3.05, 3.63) is 35.9 Å². The molecule has 94 valence electrons. The van der Waals surface area contributed by atoms with Crippen LogP contribution in [0.2, 0.25) is 0 Å². The zero-order chi connectivity index (χ0) is 13.0. The molecule has 0 aromatic carbocycles. The third-order valence-electron chi connectivity index (χ3n) is 2.67. The Morgan fingerprint density at radius 1 is 1.17 bits per heavy atom. The van der Waals surface area contributed by atoms with Gasteiger partial charge in [-0.1, -0.05) is 6.92 Å². The summed E-state index contributed by atoms with van der Waals surface area (Å²) in [6.07, 6.45) is 5.05. The van der Waals surface area contributed by atoms with Crippen LogP contribution in [0.4, 0.5) is 0 Å². The first kappa shape index (κ1) is 12.6. The first-order valence-electron chi connectivity index (χ1n) is 6.06. The molecule has 5 heteroatoms. The van der Waals surface area contributed by atoms with Gasteiger partial charge in [0.05, 0.1) is 0 Å². The minimum atomic E-state index is 0.129. The van der Waals surface area contributed by atoms with E-state index in [0.717, 1.165) is 24.2 Å². The van der Waals surface area contributed by atoms with Crippen molar-refractivity contribution in [3.63, 3.8) is 0 Å². The number of rotatable bonds is 4. The van der Waals surface area contributed by atoms with E-state index in [2.05, 4.69) is 26.9 Å². The van der Waals surface area contributed by atoms with Gasteiger partial charge in [0.1, 0.15) is 0 Å². The summed E-state index contributed by atoms with van der Waals surface area (Å²) < 4.78 is 0. The Hall–Kier alpha value is -1.88. The molecule has 0 aliphatic rings. The van der Waals surface area contributed by atoms with E-state index in [1.165, 1.54) is 0 Å².